The van der Waals surface area contributed by atoms with Crippen molar-refractivity contribution < 1.29 is 0 Å². The van der Waals surface area contributed by atoms with E-state index in [1.807, 2.05) is 11.8 Å². The lowest BCUT2D eigenvalue weighted by Gasteiger charge is -2.24. The van der Waals surface area contributed by atoms with Gasteiger partial charge in [-0.15, -0.1) is 0 Å². The second-order valence-electron chi connectivity index (χ2n) is 4.17. The van der Waals surface area contributed by atoms with Gasteiger partial charge in [0.25, 0.3) is 0 Å². The second kappa shape index (κ2) is 6.57. The van der Waals surface area contributed by atoms with Crippen LogP contribution in [0.3, 0.4) is 0 Å². The highest BCUT2D eigenvalue weighted by atomic mass is 32.2. The van der Waals surface area contributed by atoms with Crippen molar-refractivity contribution in [3.63, 3.8) is 0 Å². The molecule has 0 bridgehead atoms. The molecule has 1 aromatic heterocycles. The van der Waals surface area contributed by atoms with Gasteiger partial charge in [-0.1, -0.05) is 37.9 Å². The summed E-state index contributed by atoms with van der Waals surface area (Å²) < 4.78 is 5.19. The molecule has 2 rings (SSSR count). The topological polar surface area (TPSA) is 37.8 Å². The van der Waals surface area contributed by atoms with E-state index in [0.717, 1.165) is 10.9 Å². The molecule has 16 heavy (non-hydrogen) atoms. The van der Waals surface area contributed by atoms with Gasteiger partial charge in [0.2, 0.25) is 0 Å². The van der Waals surface area contributed by atoms with Crippen LogP contribution in [0, 0.1) is 0 Å². The molecule has 1 fully saturated rings. The summed E-state index contributed by atoms with van der Waals surface area (Å²) in [4.78, 5) is 4.28. The van der Waals surface area contributed by atoms with Crippen molar-refractivity contribution >= 4 is 23.3 Å². The molecule has 0 amide bonds. The first-order valence-corrected chi connectivity index (χ1v) is 7.72. The van der Waals surface area contributed by atoms with Crippen LogP contribution in [0.25, 0.3) is 0 Å². The Morgan fingerprint density at radius 3 is 3.06 bits per heavy atom. The van der Waals surface area contributed by atoms with Crippen molar-refractivity contribution in [1.82, 2.24) is 14.7 Å². The average Bonchev–Trinajstić information content (AvgIpc) is 2.69. The molecule has 90 valence electrons. The summed E-state index contributed by atoms with van der Waals surface area (Å²) >= 11 is 3.43. The largest absolute Gasteiger partial charge is 0.313 e. The Kier molecular flexibility index (Phi) is 5.06. The minimum Gasteiger partial charge on any atom is -0.313 e. The maximum Gasteiger partial charge on any atom is 0.170 e. The summed E-state index contributed by atoms with van der Waals surface area (Å²) in [5.74, 6) is 0. The van der Waals surface area contributed by atoms with Crippen molar-refractivity contribution in [3.8, 4) is 0 Å². The van der Waals surface area contributed by atoms with Gasteiger partial charge in [-0.05, 0) is 30.9 Å². The van der Waals surface area contributed by atoms with Crippen molar-refractivity contribution in [3.05, 3.63) is 6.33 Å². The van der Waals surface area contributed by atoms with Gasteiger partial charge in [0, 0.05) is 11.3 Å². The molecule has 1 aromatic rings. The minimum atomic E-state index is 0.654. The van der Waals surface area contributed by atoms with Gasteiger partial charge >= 0.3 is 0 Å². The highest BCUT2D eigenvalue weighted by molar-refractivity contribution is 8.01. The molecule has 1 aliphatic carbocycles. The molecule has 3 nitrogen and oxygen atoms in total. The maximum absolute atomic E-state index is 4.28. The van der Waals surface area contributed by atoms with E-state index in [0.29, 0.717) is 11.3 Å². The number of hydrogen-bond acceptors (Lipinski definition) is 5. The van der Waals surface area contributed by atoms with Gasteiger partial charge in [-0.25, -0.2) is 4.98 Å². The molecule has 5 heteroatoms. The van der Waals surface area contributed by atoms with Crippen LogP contribution in [-0.2, 0) is 0 Å². The van der Waals surface area contributed by atoms with E-state index in [2.05, 4.69) is 21.6 Å². The zero-order chi connectivity index (χ0) is 11.2. The van der Waals surface area contributed by atoms with Gasteiger partial charge in [-0.3, -0.25) is 0 Å². The molecule has 0 spiro atoms. The summed E-state index contributed by atoms with van der Waals surface area (Å²) in [6.07, 6.45) is 8.39. The molecule has 0 aromatic carbocycles. The van der Waals surface area contributed by atoms with Crippen molar-refractivity contribution in [1.29, 1.82) is 0 Å². The fourth-order valence-corrected chi connectivity index (χ4v) is 4.25. The Labute approximate surface area is 106 Å². The zero-order valence-electron chi connectivity index (χ0n) is 9.69. The predicted molar refractivity (Wildman–Crippen MR) is 70.1 cm³/mol. The molecule has 2 atom stereocenters. The standard InChI is InChI=1S/C11H19N3S2/c1-2-12-9-6-4-3-5-7-10(9)15-11-13-8-14-16-11/h8-10,12H,2-7H2,1H3. The number of nitrogens with zero attached hydrogens (tertiary/aromatic N) is 2. The number of thioether (sulfide) groups is 1. The Hall–Kier alpha value is -0.130. The smallest absolute Gasteiger partial charge is 0.170 e. The first-order valence-electron chi connectivity index (χ1n) is 6.07. The van der Waals surface area contributed by atoms with Crippen LogP contribution < -0.4 is 5.32 Å². The molecule has 1 aliphatic rings. The molecular formula is C11H19N3S2. The third-order valence-electron chi connectivity index (χ3n) is 3.01. The lowest BCUT2D eigenvalue weighted by Crippen LogP contribution is -2.37. The van der Waals surface area contributed by atoms with E-state index in [1.165, 1.54) is 43.6 Å². The molecule has 2 unspecified atom stereocenters. The number of hydrogen-bond donors (Lipinski definition) is 1. The fraction of sp³-hybridized carbons (Fsp3) is 0.818. The Morgan fingerprint density at radius 1 is 1.44 bits per heavy atom. The quantitative estimate of drug-likeness (QED) is 0.842. The van der Waals surface area contributed by atoms with E-state index in [9.17, 15) is 0 Å². The summed E-state index contributed by atoms with van der Waals surface area (Å²) in [5.41, 5.74) is 0. The lowest BCUT2D eigenvalue weighted by molar-refractivity contribution is 0.482. The zero-order valence-corrected chi connectivity index (χ0v) is 11.3. The van der Waals surface area contributed by atoms with Gasteiger partial charge < -0.3 is 5.32 Å². The van der Waals surface area contributed by atoms with Gasteiger partial charge in [0.15, 0.2) is 4.34 Å². The molecular weight excluding hydrogens is 238 g/mol. The molecule has 1 heterocycles. The normalized spacial score (nSPS) is 26.6. The van der Waals surface area contributed by atoms with Crippen LogP contribution in [0.5, 0.6) is 0 Å². The molecule has 1 saturated carbocycles. The van der Waals surface area contributed by atoms with E-state index in [4.69, 9.17) is 0 Å². The molecule has 0 saturated heterocycles. The van der Waals surface area contributed by atoms with Crippen LogP contribution in [0.2, 0.25) is 0 Å². The Bertz CT molecular complexity index is 289. The minimum absolute atomic E-state index is 0.654. The van der Waals surface area contributed by atoms with E-state index in [-0.39, 0.29) is 0 Å². The third-order valence-corrected chi connectivity index (χ3v) is 5.16. The van der Waals surface area contributed by atoms with Gasteiger partial charge in [0.05, 0.1) is 0 Å². The fourth-order valence-electron chi connectivity index (χ4n) is 2.25. The number of rotatable bonds is 4. The molecule has 0 radical (unpaired) electrons. The summed E-state index contributed by atoms with van der Waals surface area (Å²) in [7, 11) is 0. The summed E-state index contributed by atoms with van der Waals surface area (Å²) in [5, 5.41) is 4.30. The average molecular weight is 257 g/mol. The Morgan fingerprint density at radius 2 is 2.31 bits per heavy atom. The van der Waals surface area contributed by atoms with Crippen molar-refractivity contribution in [2.24, 2.45) is 0 Å². The lowest BCUT2D eigenvalue weighted by atomic mass is 10.1. The van der Waals surface area contributed by atoms with Crippen LogP contribution in [0.15, 0.2) is 10.7 Å². The highest BCUT2D eigenvalue weighted by Gasteiger charge is 2.24. The van der Waals surface area contributed by atoms with Crippen LogP contribution in [-0.4, -0.2) is 27.2 Å². The van der Waals surface area contributed by atoms with Crippen molar-refractivity contribution in [2.45, 2.75) is 54.7 Å². The van der Waals surface area contributed by atoms with Crippen LogP contribution in [0.1, 0.15) is 39.0 Å². The van der Waals surface area contributed by atoms with Crippen LogP contribution in [0.4, 0.5) is 0 Å². The van der Waals surface area contributed by atoms with E-state index >= 15 is 0 Å². The van der Waals surface area contributed by atoms with Crippen LogP contribution >= 0.6 is 23.3 Å². The number of aromatic nitrogens is 2. The first-order chi connectivity index (χ1) is 7.90. The second-order valence-corrected chi connectivity index (χ2v) is 6.43. The SMILES string of the molecule is CCNC1CCCCCC1Sc1ncns1. The van der Waals surface area contributed by atoms with Gasteiger partial charge in [0.1, 0.15) is 6.33 Å². The monoisotopic (exact) mass is 257 g/mol. The summed E-state index contributed by atoms with van der Waals surface area (Å²) in [6, 6.07) is 0.654. The number of nitrogens with one attached hydrogen (secondary N) is 1. The van der Waals surface area contributed by atoms with Crippen molar-refractivity contribution in [2.75, 3.05) is 6.54 Å². The summed E-state index contributed by atoms with van der Waals surface area (Å²) in [6.45, 7) is 3.26. The maximum atomic E-state index is 4.28. The third kappa shape index (κ3) is 3.43. The van der Waals surface area contributed by atoms with Gasteiger partial charge in [-0.2, -0.15) is 4.37 Å². The van der Waals surface area contributed by atoms with E-state index in [1.54, 1.807) is 6.33 Å². The Balaban J connectivity index is 1.96. The highest BCUT2D eigenvalue weighted by Crippen LogP contribution is 2.33. The first kappa shape index (κ1) is 12.3. The van der Waals surface area contributed by atoms with E-state index < -0.39 is 0 Å². The molecule has 0 aliphatic heterocycles. The molecule has 1 N–H and O–H groups in total. The predicted octanol–water partition coefficient (Wildman–Crippen LogP) is 2.94.